The molecule has 0 fully saturated rings. The average Bonchev–Trinajstić information content (AvgIpc) is 2.90. The summed E-state index contributed by atoms with van der Waals surface area (Å²) in [5, 5.41) is 9.01. The maximum atomic E-state index is 13.0. The zero-order valence-corrected chi connectivity index (χ0v) is 12.7. The number of hydrogen-bond donors (Lipinski definition) is 3. The lowest BCUT2D eigenvalue weighted by molar-refractivity contribution is 0.574. The van der Waals surface area contributed by atoms with Crippen molar-refractivity contribution in [3.63, 3.8) is 0 Å². The molecule has 1 aromatic heterocycles. The van der Waals surface area contributed by atoms with Gasteiger partial charge in [-0.15, -0.1) is 0 Å². The molecular formula is C12H14ClFN4O2S. The molecule has 1 aromatic carbocycles. The van der Waals surface area contributed by atoms with Crippen LogP contribution in [0.5, 0.6) is 0 Å². The van der Waals surface area contributed by atoms with Crippen molar-refractivity contribution in [2.75, 3.05) is 7.05 Å². The highest BCUT2D eigenvalue weighted by molar-refractivity contribution is 7.89. The lowest BCUT2D eigenvalue weighted by Gasteiger charge is -2.07. The molecule has 6 nitrogen and oxygen atoms in total. The molecule has 0 spiro atoms. The van der Waals surface area contributed by atoms with E-state index in [0.717, 1.165) is 0 Å². The summed E-state index contributed by atoms with van der Waals surface area (Å²) < 4.78 is 39.9. The van der Waals surface area contributed by atoms with Gasteiger partial charge in [0.25, 0.3) is 10.0 Å². The number of benzene rings is 1. The Kier molecular flexibility index (Phi) is 4.94. The molecule has 1 heterocycles. The first-order valence-corrected chi connectivity index (χ1v) is 7.90. The SMILES string of the molecule is CNCc1cn[nH]c1S(=O)(=O)NCc1ccc(F)c(Cl)c1. The molecule has 0 saturated heterocycles. The van der Waals surface area contributed by atoms with Gasteiger partial charge in [0.1, 0.15) is 5.82 Å². The number of hydrogen-bond acceptors (Lipinski definition) is 4. The van der Waals surface area contributed by atoms with Crippen molar-refractivity contribution in [2.24, 2.45) is 0 Å². The predicted octanol–water partition coefficient (Wildman–Crippen LogP) is 1.40. The van der Waals surface area contributed by atoms with Crippen LogP contribution in [0.4, 0.5) is 4.39 Å². The minimum absolute atomic E-state index is 0.000344. The molecule has 0 aliphatic heterocycles. The van der Waals surface area contributed by atoms with Crippen molar-refractivity contribution < 1.29 is 12.8 Å². The quantitative estimate of drug-likeness (QED) is 0.746. The molecule has 2 aromatic rings. The molecule has 0 aliphatic rings. The fourth-order valence-electron chi connectivity index (χ4n) is 1.75. The lowest BCUT2D eigenvalue weighted by atomic mass is 10.2. The summed E-state index contributed by atoms with van der Waals surface area (Å²) in [7, 11) is -2.03. The fraction of sp³-hybridized carbons (Fsp3) is 0.250. The van der Waals surface area contributed by atoms with E-state index >= 15 is 0 Å². The van der Waals surface area contributed by atoms with Gasteiger partial charge in [-0.25, -0.2) is 17.5 Å². The normalized spacial score (nSPS) is 11.8. The number of H-pyrrole nitrogens is 1. The van der Waals surface area contributed by atoms with Crippen molar-refractivity contribution in [1.29, 1.82) is 0 Å². The van der Waals surface area contributed by atoms with E-state index in [-0.39, 0.29) is 16.6 Å². The highest BCUT2D eigenvalue weighted by Gasteiger charge is 2.20. The summed E-state index contributed by atoms with van der Waals surface area (Å²) in [6.45, 7) is 0.371. The first-order valence-electron chi connectivity index (χ1n) is 6.04. The van der Waals surface area contributed by atoms with E-state index in [0.29, 0.717) is 17.7 Å². The zero-order chi connectivity index (χ0) is 15.5. The van der Waals surface area contributed by atoms with Crippen LogP contribution in [-0.4, -0.2) is 25.7 Å². The maximum absolute atomic E-state index is 13.0. The molecule has 0 aliphatic carbocycles. The molecule has 0 bridgehead atoms. The summed E-state index contributed by atoms with van der Waals surface area (Å²) in [6.07, 6.45) is 1.44. The van der Waals surface area contributed by atoms with Gasteiger partial charge in [-0.1, -0.05) is 17.7 Å². The molecule has 0 amide bonds. The monoisotopic (exact) mass is 332 g/mol. The van der Waals surface area contributed by atoms with Crippen LogP contribution in [0.2, 0.25) is 5.02 Å². The first kappa shape index (κ1) is 15.9. The molecule has 3 N–H and O–H groups in total. The Labute approximate surface area is 126 Å². The second kappa shape index (κ2) is 6.52. The third kappa shape index (κ3) is 3.79. The number of nitrogens with zero attached hydrogens (tertiary/aromatic N) is 1. The molecule has 114 valence electrons. The van der Waals surface area contributed by atoms with Crippen LogP contribution in [0.3, 0.4) is 0 Å². The highest BCUT2D eigenvalue weighted by Crippen LogP contribution is 2.17. The van der Waals surface area contributed by atoms with Gasteiger partial charge in [-0.2, -0.15) is 5.10 Å². The van der Waals surface area contributed by atoms with Crippen LogP contribution in [0.1, 0.15) is 11.1 Å². The summed E-state index contributed by atoms with van der Waals surface area (Å²) in [4.78, 5) is 0. The van der Waals surface area contributed by atoms with E-state index in [9.17, 15) is 12.8 Å². The number of sulfonamides is 1. The smallest absolute Gasteiger partial charge is 0.258 e. The van der Waals surface area contributed by atoms with Crippen molar-refractivity contribution in [3.05, 3.63) is 46.4 Å². The molecule has 0 unspecified atom stereocenters. The van der Waals surface area contributed by atoms with Crippen molar-refractivity contribution >= 4 is 21.6 Å². The largest absolute Gasteiger partial charge is 0.316 e. The fourth-order valence-corrected chi connectivity index (χ4v) is 3.10. The third-order valence-corrected chi connectivity index (χ3v) is 4.47. The zero-order valence-electron chi connectivity index (χ0n) is 11.2. The standard InChI is InChI=1S/C12H14ClFN4O2S/c1-15-6-9-7-16-18-12(9)21(19,20)17-5-8-2-3-11(14)10(13)4-8/h2-4,7,15,17H,5-6H2,1H3,(H,16,18). The minimum atomic E-state index is -3.74. The molecule has 0 atom stereocenters. The average molecular weight is 333 g/mol. The van der Waals surface area contributed by atoms with E-state index in [1.54, 1.807) is 7.05 Å². The van der Waals surface area contributed by atoms with Gasteiger partial charge < -0.3 is 5.32 Å². The summed E-state index contributed by atoms with van der Waals surface area (Å²) in [6, 6.07) is 4.03. The first-order chi connectivity index (χ1) is 9.94. The van der Waals surface area contributed by atoms with Gasteiger partial charge >= 0.3 is 0 Å². The van der Waals surface area contributed by atoms with Crippen LogP contribution >= 0.6 is 11.6 Å². The van der Waals surface area contributed by atoms with Crippen LogP contribution in [0.25, 0.3) is 0 Å². The van der Waals surface area contributed by atoms with Crippen molar-refractivity contribution in [1.82, 2.24) is 20.2 Å². The van der Waals surface area contributed by atoms with Crippen LogP contribution < -0.4 is 10.0 Å². The van der Waals surface area contributed by atoms with Crippen LogP contribution in [0, 0.1) is 5.82 Å². The number of rotatable bonds is 6. The topological polar surface area (TPSA) is 86.9 Å². The Morgan fingerprint density at radius 3 is 2.81 bits per heavy atom. The molecule has 2 rings (SSSR count). The van der Waals surface area contributed by atoms with Crippen molar-refractivity contribution in [2.45, 2.75) is 18.1 Å². The third-order valence-electron chi connectivity index (χ3n) is 2.76. The van der Waals surface area contributed by atoms with Gasteiger partial charge in [-0.3, -0.25) is 5.10 Å². The van der Waals surface area contributed by atoms with E-state index < -0.39 is 15.8 Å². The van der Waals surface area contributed by atoms with Gasteiger partial charge in [-0.05, 0) is 24.7 Å². The molecule has 0 saturated carbocycles. The molecular weight excluding hydrogens is 319 g/mol. The Balaban J connectivity index is 2.14. The molecule has 0 radical (unpaired) electrons. The number of halogens is 2. The predicted molar refractivity (Wildman–Crippen MR) is 76.8 cm³/mol. The second-order valence-corrected chi connectivity index (χ2v) is 6.44. The lowest BCUT2D eigenvalue weighted by Crippen LogP contribution is -2.25. The van der Waals surface area contributed by atoms with E-state index in [2.05, 4.69) is 20.2 Å². The van der Waals surface area contributed by atoms with E-state index in [1.165, 1.54) is 24.4 Å². The van der Waals surface area contributed by atoms with Gasteiger partial charge in [0.05, 0.1) is 11.2 Å². The van der Waals surface area contributed by atoms with Crippen molar-refractivity contribution in [3.8, 4) is 0 Å². The summed E-state index contributed by atoms with van der Waals surface area (Å²) >= 11 is 5.65. The van der Waals surface area contributed by atoms with Gasteiger partial charge in [0, 0.05) is 18.7 Å². The second-order valence-electron chi connectivity index (χ2n) is 4.33. The number of nitrogens with one attached hydrogen (secondary N) is 3. The van der Waals surface area contributed by atoms with Gasteiger partial charge in [0.2, 0.25) is 0 Å². The van der Waals surface area contributed by atoms with E-state index in [1.807, 2.05) is 0 Å². The van der Waals surface area contributed by atoms with E-state index in [4.69, 9.17) is 11.6 Å². The summed E-state index contributed by atoms with van der Waals surface area (Å²) in [5.74, 6) is -0.548. The molecule has 9 heteroatoms. The summed E-state index contributed by atoms with van der Waals surface area (Å²) in [5.41, 5.74) is 1.08. The van der Waals surface area contributed by atoms with Crippen LogP contribution in [-0.2, 0) is 23.1 Å². The molecule has 21 heavy (non-hydrogen) atoms. The Morgan fingerprint density at radius 2 is 2.14 bits per heavy atom. The van der Waals surface area contributed by atoms with Gasteiger partial charge in [0.15, 0.2) is 5.03 Å². The van der Waals surface area contributed by atoms with Crippen LogP contribution in [0.15, 0.2) is 29.4 Å². The highest BCUT2D eigenvalue weighted by atomic mass is 35.5. The maximum Gasteiger partial charge on any atom is 0.258 e. The Bertz CT molecular complexity index is 733. The number of aromatic amines is 1. The number of aromatic nitrogens is 2. The Hall–Kier alpha value is -1.48. The minimum Gasteiger partial charge on any atom is -0.316 e. The Morgan fingerprint density at radius 1 is 1.38 bits per heavy atom.